The van der Waals surface area contributed by atoms with E-state index in [1.807, 2.05) is 37.3 Å². The molecule has 0 unspecified atom stereocenters. The van der Waals surface area contributed by atoms with Gasteiger partial charge in [-0.05, 0) is 36.2 Å². The van der Waals surface area contributed by atoms with Crippen molar-refractivity contribution < 1.29 is 4.39 Å². The molecule has 3 heteroatoms. The molecule has 0 saturated heterocycles. The minimum Gasteiger partial charge on any atom is -0.306 e. The van der Waals surface area contributed by atoms with E-state index in [1.54, 1.807) is 6.07 Å². The summed E-state index contributed by atoms with van der Waals surface area (Å²) in [7, 11) is 0. The van der Waals surface area contributed by atoms with Crippen LogP contribution in [-0.2, 0) is 6.54 Å². The predicted molar refractivity (Wildman–Crippen MR) is 73.1 cm³/mol. The molecule has 0 aliphatic heterocycles. The maximum Gasteiger partial charge on any atom is 0.123 e. The van der Waals surface area contributed by atoms with Gasteiger partial charge >= 0.3 is 0 Å². The summed E-state index contributed by atoms with van der Waals surface area (Å²) in [6, 6.07) is 14.5. The molecular weight excluding hydrogens is 249 g/mol. The summed E-state index contributed by atoms with van der Waals surface area (Å²) >= 11 is 6.13. The fraction of sp³-hybridized carbons (Fsp3) is 0.200. The molecule has 0 radical (unpaired) electrons. The second-order valence-electron chi connectivity index (χ2n) is 4.25. The fourth-order valence-electron chi connectivity index (χ4n) is 1.85. The Morgan fingerprint density at radius 1 is 1.17 bits per heavy atom. The molecule has 94 valence electrons. The fourth-order valence-corrected chi connectivity index (χ4v) is 2.15. The summed E-state index contributed by atoms with van der Waals surface area (Å²) in [4.78, 5) is 0. The van der Waals surface area contributed by atoms with Gasteiger partial charge in [0.2, 0.25) is 0 Å². The Hall–Kier alpha value is -1.38. The standard InChI is InChI=1S/C15H15ClFN/c1-11(14-7-2-3-8-15(14)16)18-10-12-5-4-6-13(17)9-12/h2-9,11,18H,10H2,1H3/t11-/m0/s1. The molecule has 18 heavy (non-hydrogen) atoms. The lowest BCUT2D eigenvalue weighted by Crippen LogP contribution is -2.18. The molecule has 0 fully saturated rings. The Labute approximate surface area is 112 Å². The van der Waals surface area contributed by atoms with Crippen LogP contribution in [0.2, 0.25) is 5.02 Å². The third kappa shape index (κ3) is 3.31. The summed E-state index contributed by atoms with van der Waals surface area (Å²) in [5.74, 6) is -0.209. The van der Waals surface area contributed by atoms with E-state index in [4.69, 9.17) is 11.6 Å². The summed E-state index contributed by atoms with van der Waals surface area (Å²) in [5, 5.41) is 4.08. The zero-order valence-corrected chi connectivity index (χ0v) is 10.9. The number of hydrogen-bond donors (Lipinski definition) is 1. The lowest BCUT2D eigenvalue weighted by atomic mass is 10.1. The minimum absolute atomic E-state index is 0.127. The van der Waals surface area contributed by atoms with Crippen LogP contribution in [0.3, 0.4) is 0 Å². The second-order valence-corrected chi connectivity index (χ2v) is 4.66. The van der Waals surface area contributed by atoms with Crippen LogP contribution in [0.15, 0.2) is 48.5 Å². The molecule has 1 atom stereocenters. The van der Waals surface area contributed by atoms with Crippen LogP contribution in [0.25, 0.3) is 0 Å². The van der Waals surface area contributed by atoms with Crippen LogP contribution in [0.5, 0.6) is 0 Å². The molecular formula is C15H15ClFN. The van der Waals surface area contributed by atoms with Crippen LogP contribution in [0, 0.1) is 5.82 Å². The number of nitrogens with one attached hydrogen (secondary N) is 1. The highest BCUT2D eigenvalue weighted by Gasteiger charge is 2.08. The van der Waals surface area contributed by atoms with E-state index < -0.39 is 0 Å². The van der Waals surface area contributed by atoms with Gasteiger partial charge in [-0.1, -0.05) is 41.9 Å². The van der Waals surface area contributed by atoms with Gasteiger partial charge in [-0.25, -0.2) is 4.39 Å². The van der Waals surface area contributed by atoms with Crippen molar-refractivity contribution in [2.75, 3.05) is 0 Å². The first-order valence-electron chi connectivity index (χ1n) is 5.89. The van der Waals surface area contributed by atoms with Crippen LogP contribution < -0.4 is 5.32 Å². The Balaban J connectivity index is 2.00. The molecule has 0 aliphatic rings. The molecule has 2 aromatic rings. The minimum atomic E-state index is -0.209. The van der Waals surface area contributed by atoms with Gasteiger partial charge < -0.3 is 5.32 Å². The van der Waals surface area contributed by atoms with E-state index >= 15 is 0 Å². The third-order valence-electron chi connectivity index (χ3n) is 2.87. The highest BCUT2D eigenvalue weighted by atomic mass is 35.5. The third-order valence-corrected chi connectivity index (χ3v) is 3.22. The molecule has 0 spiro atoms. The van der Waals surface area contributed by atoms with Gasteiger partial charge in [0.15, 0.2) is 0 Å². The first-order chi connectivity index (χ1) is 8.66. The average Bonchev–Trinajstić information content (AvgIpc) is 2.37. The molecule has 0 amide bonds. The topological polar surface area (TPSA) is 12.0 Å². The molecule has 2 aromatic carbocycles. The first kappa shape index (κ1) is 13.1. The normalized spacial score (nSPS) is 12.4. The number of benzene rings is 2. The van der Waals surface area contributed by atoms with Crippen molar-refractivity contribution in [3.05, 3.63) is 70.5 Å². The highest BCUT2D eigenvalue weighted by Crippen LogP contribution is 2.22. The monoisotopic (exact) mass is 263 g/mol. The first-order valence-corrected chi connectivity index (χ1v) is 6.27. The lowest BCUT2D eigenvalue weighted by molar-refractivity contribution is 0.569. The summed E-state index contributed by atoms with van der Waals surface area (Å²) in [6.45, 7) is 2.66. The summed E-state index contributed by atoms with van der Waals surface area (Å²) in [5.41, 5.74) is 1.98. The van der Waals surface area contributed by atoms with Gasteiger partial charge in [-0.3, -0.25) is 0 Å². The predicted octanol–water partition coefficient (Wildman–Crippen LogP) is 4.33. The zero-order valence-electron chi connectivity index (χ0n) is 10.2. The summed E-state index contributed by atoms with van der Waals surface area (Å²) in [6.07, 6.45) is 0. The van der Waals surface area contributed by atoms with E-state index in [9.17, 15) is 4.39 Å². The number of halogens is 2. The van der Waals surface area contributed by atoms with Crippen molar-refractivity contribution in [2.45, 2.75) is 19.5 Å². The van der Waals surface area contributed by atoms with Gasteiger partial charge in [-0.15, -0.1) is 0 Å². The van der Waals surface area contributed by atoms with Crippen molar-refractivity contribution in [3.8, 4) is 0 Å². The Morgan fingerprint density at radius 2 is 1.94 bits per heavy atom. The smallest absolute Gasteiger partial charge is 0.123 e. The number of hydrogen-bond acceptors (Lipinski definition) is 1. The SMILES string of the molecule is C[C@H](NCc1cccc(F)c1)c1ccccc1Cl. The van der Waals surface area contributed by atoms with Crippen molar-refractivity contribution in [3.63, 3.8) is 0 Å². The van der Waals surface area contributed by atoms with E-state index in [2.05, 4.69) is 5.32 Å². The van der Waals surface area contributed by atoms with E-state index in [-0.39, 0.29) is 11.9 Å². The van der Waals surface area contributed by atoms with E-state index in [0.29, 0.717) is 6.54 Å². The molecule has 0 bridgehead atoms. The van der Waals surface area contributed by atoms with Gasteiger partial charge in [0.1, 0.15) is 5.82 Å². The lowest BCUT2D eigenvalue weighted by Gasteiger charge is -2.15. The maximum absolute atomic E-state index is 13.0. The molecule has 0 saturated carbocycles. The van der Waals surface area contributed by atoms with Crippen molar-refractivity contribution in [1.82, 2.24) is 5.32 Å². The van der Waals surface area contributed by atoms with Crippen LogP contribution >= 0.6 is 11.6 Å². The molecule has 1 N–H and O–H groups in total. The van der Waals surface area contributed by atoms with Crippen LogP contribution in [0.1, 0.15) is 24.1 Å². The largest absolute Gasteiger partial charge is 0.306 e. The van der Waals surface area contributed by atoms with Gasteiger partial charge in [0, 0.05) is 17.6 Å². The highest BCUT2D eigenvalue weighted by molar-refractivity contribution is 6.31. The summed E-state index contributed by atoms with van der Waals surface area (Å²) < 4.78 is 13.0. The van der Waals surface area contributed by atoms with E-state index in [0.717, 1.165) is 16.1 Å². The molecule has 1 nitrogen and oxygen atoms in total. The molecule has 2 rings (SSSR count). The van der Waals surface area contributed by atoms with Gasteiger partial charge in [-0.2, -0.15) is 0 Å². The van der Waals surface area contributed by atoms with Crippen molar-refractivity contribution in [1.29, 1.82) is 0 Å². The van der Waals surface area contributed by atoms with Crippen molar-refractivity contribution in [2.24, 2.45) is 0 Å². The quantitative estimate of drug-likeness (QED) is 0.866. The molecule has 0 heterocycles. The number of rotatable bonds is 4. The Bertz CT molecular complexity index is 527. The van der Waals surface area contributed by atoms with Gasteiger partial charge in [0.05, 0.1) is 0 Å². The van der Waals surface area contributed by atoms with Crippen molar-refractivity contribution >= 4 is 11.6 Å². The maximum atomic E-state index is 13.0. The molecule has 0 aliphatic carbocycles. The van der Waals surface area contributed by atoms with Gasteiger partial charge in [0.25, 0.3) is 0 Å². The second kappa shape index (κ2) is 5.98. The van der Waals surface area contributed by atoms with Crippen LogP contribution in [-0.4, -0.2) is 0 Å². The van der Waals surface area contributed by atoms with E-state index in [1.165, 1.54) is 12.1 Å². The zero-order chi connectivity index (χ0) is 13.0. The average molecular weight is 264 g/mol. The molecule has 0 aromatic heterocycles. The Morgan fingerprint density at radius 3 is 2.67 bits per heavy atom. The van der Waals surface area contributed by atoms with Crippen LogP contribution in [0.4, 0.5) is 4.39 Å². The Kier molecular flexibility index (Phi) is 4.34.